The highest BCUT2D eigenvalue weighted by Crippen LogP contribution is 2.41. The monoisotopic (exact) mass is 197 g/mol. The van der Waals surface area contributed by atoms with Gasteiger partial charge < -0.3 is 5.11 Å². The van der Waals surface area contributed by atoms with Crippen LogP contribution in [-0.4, -0.2) is 16.2 Å². The summed E-state index contributed by atoms with van der Waals surface area (Å²) in [5.74, 6) is 0.769. The van der Waals surface area contributed by atoms with Crippen molar-refractivity contribution in [2.45, 2.75) is 44.6 Å². The second-order valence-corrected chi connectivity index (χ2v) is 4.73. The lowest BCUT2D eigenvalue weighted by Gasteiger charge is -1.99. The van der Waals surface area contributed by atoms with Gasteiger partial charge in [0.05, 0.1) is 16.8 Å². The van der Waals surface area contributed by atoms with Gasteiger partial charge in [0.1, 0.15) is 0 Å². The number of hydrogen-bond acceptors (Lipinski definition) is 3. The van der Waals surface area contributed by atoms with Crippen LogP contribution in [-0.2, 0) is 6.42 Å². The van der Waals surface area contributed by atoms with E-state index in [1.54, 1.807) is 11.3 Å². The number of aliphatic hydroxyl groups excluding tert-OH is 1. The van der Waals surface area contributed by atoms with Crippen molar-refractivity contribution in [3.8, 4) is 0 Å². The van der Waals surface area contributed by atoms with Crippen molar-refractivity contribution in [3.05, 3.63) is 16.1 Å². The fourth-order valence-electron chi connectivity index (χ4n) is 1.31. The van der Waals surface area contributed by atoms with Crippen molar-refractivity contribution in [1.29, 1.82) is 0 Å². The average molecular weight is 197 g/mol. The van der Waals surface area contributed by atoms with Crippen molar-refractivity contribution < 1.29 is 5.11 Å². The molecule has 2 rings (SSSR count). The highest BCUT2D eigenvalue weighted by atomic mass is 32.1. The van der Waals surface area contributed by atoms with E-state index in [1.165, 1.54) is 17.8 Å². The van der Waals surface area contributed by atoms with E-state index in [9.17, 15) is 0 Å². The molecule has 1 atom stereocenters. The number of aryl methyl sites for hydroxylation is 1. The quantitative estimate of drug-likeness (QED) is 0.803. The molecule has 13 heavy (non-hydrogen) atoms. The van der Waals surface area contributed by atoms with Gasteiger partial charge in [-0.1, -0.05) is 0 Å². The maximum Gasteiger partial charge on any atom is 0.0959 e. The topological polar surface area (TPSA) is 33.1 Å². The fourth-order valence-corrected chi connectivity index (χ4v) is 2.34. The first-order chi connectivity index (χ1) is 6.25. The molecule has 72 valence electrons. The van der Waals surface area contributed by atoms with Crippen LogP contribution in [0.25, 0.3) is 0 Å². The molecule has 1 saturated carbocycles. The van der Waals surface area contributed by atoms with Crippen molar-refractivity contribution in [1.82, 2.24) is 4.98 Å². The average Bonchev–Trinajstić information content (AvgIpc) is 2.83. The maximum absolute atomic E-state index is 9.12. The Kier molecular flexibility index (Phi) is 2.65. The minimum Gasteiger partial charge on any atom is -0.393 e. The lowest BCUT2D eigenvalue weighted by atomic mass is 10.2. The molecule has 0 radical (unpaired) electrons. The van der Waals surface area contributed by atoms with Crippen LogP contribution in [0.15, 0.2) is 5.38 Å². The molecule has 0 aliphatic heterocycles. The molecule has 0 saturated heterocycles. The van der Waals surface area contributed by atoms with Gasteiger partial charge in [-0.05, 0) is 32.6 Å². The lowest BCUT2D eigenvalue weighted by Crippen LogP contribution is -2.01. The van der Waals surface area contributed by atoms with Gasteiger partial charge in [-0.2, -0.15) is 0 Å². The third kappa shape index (κ3) is 2.51. The molecule has 1 aromatic rings. The Hall–Kier alpha value is -0.410. The second kappa shape index (κ2) is 3.76. The normalized spacial score (nSPS) is 18.9. The van der Waals surface area contributed by atoms with Crippen LogP contribution < -0.4 is 0 Å². The Labute approximate surface area is 82.6 Å². The van der Waals surface area contributed by atoms with Crippen molar-refractivity contribution in [2.24, 2.45) is 0 Å². The van der Waals surface area contributed by atoms with Gasteiger partial charge in [0.25, 0.3) is 0 Å². The molecule has 1 heterocycles. The summed E-state index contributed by atoms with van der Waals surface area (Å²) >= 11 is 1.78. The zero-order valence-electron chi connectivity index (χ0n) is 7.86. The minimum atomic E-state index is -0.203. The Balaban J connectivity index is 1.89. The van der Waals surface area contributed by atoms with Crippen LogP contribution in [0.3, 0.4) is 0 Å². The van der Waals surface area contributed by atoms with E-state index in [0.717, 1.165) is 24.5 Å². The van der Waals surface area contributed by atoms with Gasteiger partial charge in [0, 0.05) is 11.3 Å². The van der Waals surface area contributed by atoms with Gasteiger partial charge in [-0.3, -0.25) is 0 Å². The smallest absolute Gasteiger partial charge is 0.0959 e. The van der Waals surface area contributed by atoms with Gasteiger partial charge >= 0.3 is 0 Å². The first-order valence-electron chi connectivity index (χ1n) is 4.88. The molecule has 1 fully saturated rings. The summed E-state index contributed by atoms with van der Waals surface area (Å²) < 4.78 is 0. The van der Waals surface area contributed by atoms with Crippen LogP contribution >= 0.6 is 11.3 Å². The zero-order chi connectivity index (χ0) is 9.26. The highest BCUT2D eigenvalue weighted by Gasteiger charge is 2.26. The van der Waals surface area contributed by atoms with E-state index in [0.29, 0.717) is 0 Å². The summed E-state index contributed by atoms with van der Waals surface area (Å²) in [6.07, 6.45) is 4.19. The van der Waals surface area contributed by atoms with Crippen molar-refractivity contribution in [3.63, 3.8) is 0 Å². The standard InChI is InChI=1S/C10H15NOS/c1-7(12)2-5-9-6-13-10(11-9)8-3-4-8/h6-8,12H,2-5H2,1H3/t7-/m1/s1. The Bertz CT molecular complexity index is 278. The van der Waals surface area contributed by atoms with E-state index in [2.05, 4.69) is 10.4 Å². The number of thiazole rings is 1. The molecular weight excluding hydrogens is 182 g/mol. The number of aromatic nitrogens is 1. The van der Waals surface area contributed by atoms with E-state index in [1.807, 2.05) is 6.92 Å². The van der Waals surface area contributed by atoms with E-state index in [-0.39, 0.29) is 6.10 Å². The van der Waals surface area contributed by atoms with Crippen LogP contribution in [0.1, 0.15) is 42.8 Å². The number of aliphatic hydroxyl groups is 1. The first kappa shape index (κ1) is 9.16. The van der Waals surface area contributed by atoms with Crippen LogP contribution in [0, 0.1) is 0 Å². The van der Waals surface area contributed by atoms with Gasteiger partial charge in [-0.25, -0.2) is 4.98 Å². The molecule has 0 spiro atoms. The Morgan fingerprint density at radius 3 is 3.08 bits per heavy atom. The maximum atomic E-state index is 9.12. The van der Waals surface area contributed by atoms with Crippen molar-refractivity contribution >= 4 is 11.3 Å². The number of rotatable bonds is 4. The number of nitrogens with zero attached hydrogens (tertiary/aromatic N) is 1. The fraction of sp³-hybridized carbons (Fsp3) is 0.700. The van der Waals surface area contributed by atoms with E-state index >= 15 is 0 Å². The SMILES string of the molecule is C[C@@H](O)CCc1csc(C2CC2)n1. The summed E-state index contributed by atoms with van der Waals surface area (Å²) in [5.41, 5.74) is 1.16. The second-order valence-electron chi connectivity index (χ2n) is 3.84. The lowest BCUT2D eigenvalue weighted by molar-refractivity contribution is 0.184. The number of hydrogen-bond donors (Lipinski definition) is 1. The van der Waals surface area contributed by atoms with Crippen LogP contribution in [0.2, 0.25) is 0 Å². The minimum absolute atomic E-state index is 0.203. The molecule has 1 N–H and O–H groups in total. The summed E-state index contributed by atoms with van der Waals surface area (Å²) in [4.78, 5) is 4.55. The Morgan fingerprint density at radius 2 is 2.46 bits per heavy atom. The molecule has 1 aliphatic carbocycles. The molecule has 1 aliphatic rings. The predicted molar refractivity (Wildman–Crippen MR) is 54.1 cm³/mol. The summed E-state index contributed by atoms with van der Waals surface area (Å²) in [6.45, 7) is 1.83. The molecule has 0 amide bonds. The predicted octanol–water partition coefficient (Wildman–Crippen LogP) is 2.33. The van der Waals surface area contributed by atoms with Crippen molar-refractivity contribution in [2.75, 3.05) is 0 Å². The summed E-state index contributed by atoms with van der Waals surface area (Å²) in [6, 6.07) is 0. The molecule has 0 unspecified atom stereocenters. The van der Waals surface area contributed by atoms with Crippen LogP contribution in [0.4, 0.5) is 0 Å². The molecule has 2 nitrogen and oxygen atoms in total. The zero-order valence-corrected chi connectivity index (χ0v) is 8.68. The van der Waals surface area contributed by atoms with Gasteiger partial charge in [0.2, 0.25) is 0 Å². The Morgan fingerprint density at radius 1 is 1.69 bits per heavy atom. The molecule has 0 bridgehead atoms. The van der Waals surface area contributed by atoms with Gasteiger partial charge in [0.15, 0.2) is 0 Å². The summed E-state index contributed by atoms with van der Waals surface area (Å²) in [7, 11) is 0. The van der Waals surface area contributed by atoms with E-state index < -0.39 is 0 Å². The highest BCUT2D eigenvalue weighted by molar-refractivity contribution is 7.09. The van der Waals surface area contributed by atoms with Crippen LogP contribution in [0.5, 0.6) is 0 Å². The molecule has 1 aromatic heterocycles. The summed E-state index contributed by atoms with van der Waals surface area (Å²) in [5, 5.41) is 12.6. The first-order valence-corrected chi connectivity index (χ1v) is 5.76. The molecule has 3 heteroatoms. The van der Waals surface area contributed by atoms with E-state index in [4.69, 9.17) is 5.11 Å². The van der Waals surface area contributed by atoms with Gasteiger partial charge in [-0.15, -0.1) is 11.3 Å². The third-order valence-corrected chi connectivity index (χ3v) is 3.37. The largest absolute Gasteiger partial charge is 0.393 e. The molecular formula is C10H15NOS. The molecule has 0 aromatic carbocycles. The third-order valence-electron chi connectivity index (χ3n) is 2.31.